The Hall–Kier alpha value is -4.46. The number of tetrazole rings is 1. The first-order valence-corrected chi connectivity index (χ1v) is 12.5. The van der Waals surface area contributed by atoms with Gasteiger partial charge in [-0.1, -0.05) is 72.9 Å². The number of fused-ring (bicyclic) bond motifs is 2. The molecule has 1 aliphatic carbocycles. The van der Waals surface area contributed by atoms with E-state index in [1.165, 1.54) is 49.1 Å². The van der Waals surface area contributed by atoms with Crippen molar-refractivity contribution >= 4 is 28.1 Å². The van der Waals surface area contributed by atoms with Crippen molar-refractivity contribution in [1.29, 1.82) is 0 Å². The maximum Gasteiger partial charge on any atom is 0.253 e. The van der Waals surface area contributed by atoms with Gasteiger partial charge in [0, 0.05) is 17.8 Å². The average Bonchev–Trinajstić information content (AvgIpc) is 3.61. The first kappa shape index (κ1) is 20.9. The molecule has 8 nitrogen and oxygen atoms in total. The van der Waals surface area contributed by atoms with Gasteiger partial charge in [0.25, 0.3) is 5.95 Å². The predicted molar refractivity (Wildman–Crippen MR) is 142 cm³/mol. The number of nitrogens with one attached hydrogen (secondary N) is 2. The van der Waals surface area contributed by atoms with Crippen molar-refractivity contribution in [2.24, 2.45) is 0 Å². The maximum absolute atomic E-state index is 5.03. The highest BCUT2D eigenvalue weighted by atomic mass is 15.5. The lowest BCUT2D eigenvalue weighted by molar-refractivity contribution is 0.437. The SMILES string of the molecule is C1=C(c2ccccc2)N(C2CCCCC2)c2cccc(-c3nc4ccccc4n3-c3nnn[nH]3)c2N1. The molecular formula is C28H26N8. The summed E-state index contributed by atoms with van der Waals surface area (Å²) in [6, 6.07) is 25.6. The van der Waals surface area contributed by atoms with Crippen LogP contribution in [0.5, 0.6) is 0 Å². The number of H-pyrrole nitrogens is 1. The number of aromatic nitrogens is 6. The first-order valence-electron chi connectivity index (χ1n) is 12.5. The van der Waals surface area contributed by atoms with Gasteiger partial charge < -0.3 is 10.2 Å². The molecule has 2 aromatic heterocycles. The minimum Gasteiger partial charge on any atom is -0.357 e. The molecule has 0 amide bonds. The van der Waals surface area contributed by atoms with E-state index in [-0.39, 0.29) is 0 Å². The van der Waals surface area contributed by atoms with Gasteiger partial charge in [0.2, 0.25) is 0 Å². The Morgan fingerprint density at radius 2 is 1.67 bits per heavy atom. The highest BCUT2D eigenvalue weighted by molar-refractivity contribution is 5.98. The van der Waals surface area contributed by atoms with Crippen LogP contribution in [0.3, 0.4) is 0 Å². The molecule has 0 unspecified atom stereocenters. The summed E-state index contributed by atoms with van der Waals surface area (Å²) in [5.74, 6) is 1.33. The van der Waals surface area contributed by atoms with E-state index in [4.69, 9.17) is 4.98 Å². The molecule has 0 bridgehead atoms. The van der Waals surface area contributed by atoms with Crippen LogP contribution < -0.4 is 10.2 Å². The standard InChI is InChI=1S/C28H26N8/c1-3-10-19(11-4-1)25-18-29-26-21(14-9-17-24(26)35(25)20-12-5-2-6-13-20)27-30-22-15-7-8-16-23(22)36(27)28-31-33-34-32-28/h1,3-4,7-11,14-18,20,29H,2,5-6,12-13H2,(H,31,32,33,34). The van der Waals surface area contributed by atoms with Crippen LogP contribution in [-0.2, 0) is 0 Å². The van der Waals surface area contributed by atoms with E-state index in [0.29, 0.717) is 12.0 Å². The summed E-state index contributed by atoms with van der Waals surface area (Å²) in [6.07, 6.45) is 8.38. The normalized spacial score (nSPS) is 16.0. The van der Waals surface area contributed by atoms with Crippen LogP contribution >= 0.6 is 0 Å². The fourth-order valence-corrected chi connectivity index (χ4v) is 5.65. The first-order chi connectivity index (χ1) is 17.9. The number of rotatable bonds is 4. The van der Waals surface area contributed by atoms with E-state index in [2.05, 4.69) is 85.6 Å². The third kappa shape index (κ3) is 3.37. The molecule has 2 aliphatic rings. The molecule has 5 aromatic rings. The third-order valence-electron chi connectivity index (χ3n) is 7.27. The molecule has 7 rings (SSSR count). The number of nitrogens with zero attached hydrogens (tertiary/aromatic N) is 6. The van der Waals surface area contributed by atoms with Crippen LogP contribution in [0, 0.1) is 0 Å². The van der Waals surface area contributed by atoms with Crippen molar-refractivity contribution in [2.75, 3.05) is 10.2 Å². The van der Waals surface area contributed by atoms with Gasteiger partial charge in [-0.05, 0) is 53.1 Å². The molecule has 36 heavy (non-hydrogen) atoms. The second-order valence-corrected chi connectivity index (χ2v) is 9.39. The lowest BCUT2D eigenvalue weighted by atomic mass is 9.91. The summed E-state index contributed by atoms with van der Waals surface area (Å²) < 4.78 is 1.99. The van der Waals surface area contributed by atoms with Crippen LogP contribution in [0.2, 0.25) is 0 Å². The van der Waals surface area contributed by atoms with E-state index in [1.54, 1.807) is 0 Å². The zero-order valence-electron chi connectivity index (χ0n) is 19.8. The smallest absolute Gasteiger partial charge is 0.253 e. The zero-order chi connectivity index (χ0) is 23.9. The molecule has 1 saturated carbocycles. The summed E-state index contributed by atoms with van der Waals surface area (Å²) in [5, 5.41) is 18.4. The van der Waals surface area contributed by atoms with Crippen molar-refractivity contribution < 1.29 is 0 Å². The lowest BCUT2D eigenvalue weighted by Crippen LogP contribution is -2.37. The van der Waals surface area contributed by atoms with Gasteiger partial charge in [0.15, 0.2) is 0 Å². The van der Waals surface area contributed by atoms with Gasteiger partial charge in [-0.25, -0.2) is 10.1 Å². The van der Waals surface area contributed by atoms with E-state index < -0.39 is 0 Å². The summed E-state index contributed by atoms with van der Waals surface area (Å²) in [4.78, 5) is 7.58. The summed E-state index contributed by atoms with van der Waals surface area (Å²) in [5.41, 5.74) is 7.49. The Labute approximate surface area is 208 Å². The molecule has 1 fully saturated rings. The molecule has 0 atom stereocenters. The van der Waals surface area contributed by atoms with E-state index in [0.717, 1.165) is 28.1 Å². The van der Waals surface area contributed by atoms with Crippen molar-refractivity contribution in [2.45, 2.75) is 38.1 Å². The molecule has 8 heteroatoms. The van der Waals surface area contributed by atoms with Crippen LogP contribution in [0.15, 0.2) is 79.0 Å². The van der Waals surface area contributed by atoms with Crippen LogP contribution in [0.25, 0.3) is 34.1 Å². The monoisotopic (exact) mass is 474 g/mol. The van der Waals surface area contributed by atoms with E-state index in [9.17, 15) is 0 Å². The number of para-hydroxylation sites is 3. The van der Waals surface area contributed by atoms with Crippen LogP contribution in [0.1, 0.15) is 37.7 Å². The molecule has 3 heterocycles. The van der Waals surface area contributed by atoms with E-state index >= 15 is 0 Å². The number of hydrogen-bond donors (Lipinski definition) is 2. The Kier molecular flexibility index (Phi) is 5.01. The summed E-state index contributed by atoms with van der Waals surface area (Å²) in [7, 11) is 0. The minimum atomic E-state index is 0.457. The highest BCUT2D eigenvalue weighted by Gasteiger charge is 2.31. The van der Waals surface area contributed by atoms with Crippen LogP contribution in [0.4, 0.5) is 11.4 Å². The van der Waals surface area contributed by atoms with E-state index in [1.807, 2.05) is 28.8 Å². The molecule has 0 saturated heterocycles. The Morgan fingerprint density at radius 1 is 0.833 bits per heavy atom. The fourth-order valence-electron chi connectivity index (χ4n) is 5.65. The van der Waals surface area contributed by atoms with Gasteiger partial charge >= 0.3 is 0 Å². The van der Waals surface area contributed by atoms with Crippen molar-refractivity contribution in [3.8, 4) is 17.3 Å². The summed E-state index contributed by atoms with van der Waals surface area (Å²) >= 11 is 0. The number of benzene rings is 3. The lowest BCUT2D eigenvalue weighted by Gasteiger charge is -2.41. The molecule has 2 N–H and O–H groups in total. The highest BCUT2D eigenvalue weighted by Crippen LogP contribution is 2.45. The van der Waals surface area contributed by atoms with Gasteiger partial charge in [-0.3, -0.25) is 4.57 Å². The van der Waals surface area contributed by atoms with Gasteiger partial charge in [-0.15, -0.1) is 0 Å². The van der Waals surface area contributed by atoms with Gasteiger partial charge in [0.05, 0.1) is 28.1 Å². The number of imidazole rings is 1. The van der Waals surface area contributed by atoms with Crippen molar-refractivity contribution in [3.05, 3.63) is 84.6 Å². The average molecular weight is 475 g/mol. The Balaban J connectivity index is 1.43. The molecule has 0 radical (unpaired) electrons. The maximum atomic E-state index is 5.03. The van der Waals surface area contributed by atoms with Crippen LogP contribution in [-0.4, -0.2) is 36.2 Å². The topological polar surface area (TPSA) is 87.6 Å². The molecule has 1 aliphatic heterocycles. The Morgan fingerprint density at radius 3 is 2.50 bits per heavy atom. The number of aromatic amines is 1. The largest absolute Gasteiger partial charge is 0.357 e. The molecule has 3 aromatic carbocycles. The summed E-state index contributed by atoms with van der Waals surface area (Å²) in [6.45, 7) is 0. The second-order valence-electron chi connectivity index (χ2n) is 9.39. The molecule has 178 valence electrons. The third-order valence-corrected chi connectivity index (χ3v) is 7.27. The fraction of sp³-hybridized carbons (Fsp3) is 0.214. The van der Waals surface area contributed by atoms with Gasteiger partial charge in [-0.2, -0.15) is 0 Å². The predicted octanol–water partition coefficient (Wildman–Crippen LogP) is 5.77. The molecule has 0 spiro atoms. The van der Waals surface area contributed by atoms with Gasteiger partial charge in [0.1, 0.15) is 5.82 Å². The van der Waals surface area contributed by atoms with Crippen molar-refractivity contribution in [1.82, 2.24) is 30.2 Å². The number of hydrogen-bond acceptors (Lipinski definition) is 6. The number of anilines is 2. The molecular weight excluding hydrogens is 448 g/mol. The minimum absolute atomic E-state index is 0.457. The Bertz CT molecular complexity index is 1550. The quantitative estimate of drug-likeness (QED) is 0.344. The van der Waals surface area contributed by atoms with Crippen molar-refractivity contribution in [3.63, 3.8) is 0 Å². The second kappa shape index (κ2) is 8.64. The zero-order valence-corrected chi connectivity index (χ0v) is 19.8.